The van der Waals surface area contributed by atoms with Crippen molar-refractivity contribution in [3.63, 3.8) is 0 Å². The molecule has 0 N–H and O–H groups in total. The van der Waals surface area contributed by atoms with Gasteiger partial charge in [-0.15, -0.1) is 22.7 Å². The second-order valence-corrected chi connectivity index (χ2v) is 9.26. The first-order valence-electron chi connectivity index (χ1n) is 7.99. The van der Waals surface area contributed by atoms with Crippen LogP contribution in [0, 0.1) is 0 Å². The van der Waals surface area contributed by atoms with Crippen molar-refractivity contribution >= 4 is 50.6 Å². The van der Waals surface area contributed by atoms with Crippen molar-refractivity contribution in [2.75, 3.05) is 6.54 Å². The van der Waals surface area contributed by atoms with Gasteiger partial charge in [-0.05, 0) is 41.8 Å². The molecule has 4 heterocycles. The molecule has 0 spiro atoms. The monoisotopic (exact) mass is 391 g/mol. The maximum Gasteiger partial charge on any atom is 0.271 e. The maximum atomic E-state index is 12.8. The molecule has 1 unspecified atom stereocenters. The highest BCUT2D eigenvalue weighted by atomic mass is 32.2. The van der Waals surface area contributed by atoms with Gasteiger partial charge in [0.25, 0.3) is 5.56 Å². The van der Waals surface area contributed by atoms with Gasteiger partial charge in [-0.3, -0.25) is 14.2 Å². The van der Waals surface area contributed by atoms with Crippen molar-refractivity contribution in [1.82, 2.24) is 14.5 Å². The van der Waals surface area contributed by atoms with Crippen LogP contribution in [-0.4, -0.2) is 32.2 Å². The number of carbonyl (C=O) groups is 1. The van der Waals surface area contributed by atoms with Crippen LogP contribution in [0.25, 0.3) is 10.2 Å². The number of rotatable bonds is 3. The minimum atomic E-state index is -0.283. The average molecular weight is 392 g/mol. The molecule has 1 amide bonds. The molecule has 1 aliphatic rings. The summed E-state index contributed by atoms with van der Waals surface area (Å²) >= 11 is 4.52. The second kappa shape index (κ2) is 6.59. The van der Waals surface area contributed by atoms with E-state index in [0.29, 0.717) is 21.9 Å². The van der Waals surface area contributed by atoms with Gasteiger partial charge in [0.05, 0.1) is 10.8 Å². The molecule has 0 saturated carbocycles. The lowest BCUT2D eigenvalue weighted by Gasteiger charge is -2.29. The van der Waals surface area contributed by atoms with Gasteiger partial charge < -0.3 is 4.90 Å². The second-order valence-electron chi connectivity index (χ2n) is 6.03. The summed E-state index contributed by atoms with van der Waals surface area (Å²) in [6.45, 7) is 3.33. The molecule has 8 heteroatoms. The number of nitrogens with zero attached hydrogens (tertiary/aromatic N) is 3. The lowest BCUT2D eigenvalue weighted by molar-refractivity contribution is -0.131. The van der Waals surface area contributed by atoms with E-state index < -0.39 is 0 Å². The average Bonchev–Trinajstić information content (AvgIpc) is 3.26. The minimum absolute atomic E-state index is 0.0527. The molecule has 0 aliphatic carbocycles. The predicted octanol–water partition coefficient (Wildman–Crippen LogP) is 3.12. The highest BCUT2D eigenvalue weighted by molar-refractivity contribution is 8.00. The van der Waals surface area contributed by atoms with Gasteiger partial charge in [0.15, 0.2) is 5.16 Å². The lowest BCUT2D eigenvalue weighted by Crippen LogP contribution is -2.40. The number of fused-ring (bicyclic) bond motifs is 2. The van der Waals surface area contributed by atoms with Crippen LogP contribution in [0.2, 0.25) is 0 Å². The molecular weight excluding hydrogens is 374 g/mol. The number of thiophene rings is 2. The largest absolute Gasteiger partial charge is 0.337 e. The van der Waals surface area contributed by atoms with Crippen molar-refractivity contribution in [3.8, 4) is 0 Å². The zero-order valence-corrected chi connectivity index (χ0v) is 16.3. The van der Waals surface area contributed by atoms with Gasteiger partial charge in [0.1, 0.15) is 4.70 Å². The molecule has 3 aromatic rings. The number of thioether (sulfide) groups is 1. The predicted molar refractivity (Wildman–Crippen MR) is 104 cm³/mol. The Labute approximate surface area is 157 Å². The van der Waals surface area contributed by atoms with Crippen LogP contribution >= 0.6 is 34.4 Å². The molecule has 130 valence electrons. The Balaban J connectivity index is 1.54. The third-order valence-corrected chi connectivity index (χ3v) is 7.44. The first-order valence-corrected chi connectivity index (χ1v) is 10.6. The quantitative estimate of drug-likeness (QED) is 0.508. The molecule has 0 radical (unpaired) electrons. The van der Waals surface area contributed by atoms with Crippen LogP contribution in [0.5, 0.6) is 0 Å². The third-order valence-electron chi connectivity index (χ3n) is 4.40. The molecule has 4 rings (SSSR count). The summed E-state index contributed by atoms with van der Waals surface area (Å²) in [5, 5.41) is 4.26. The molecular formula is C17H17N3O2S3. The highest BCUT2D eigenvalue weighted by Gasteiger charge is 2.27. The van der Waals surface area contributed by atoms with E-state index in [1.807, 2.05) is 23.3 Å². The third kappa shape index (κ3) is 3.02. The van der Waals surface area contributed by atoms with Gasteiger partial charge in [0.2, 0.25) is 5.91 Å². The van der Waals surface area contributed by atoms with Crippen molar-refractivity contribution in [3.05, 3.63) is 43.7 Å². The fourth-order valence-electron chi connectivity index (χ4n) is 2.98. The zero-order chi connectivity index (χ0) is 17.6. The molecule has 0 fully saturated rings. The molecule has 0 bridgehead atoms. The van der Waals surface area contributed by atoms with E-state index in [-0.39, 0.29) is 16.7 Å². The first kappa shape index (κ1) is 16.8. The zero-order valence-electron chi connectivity index (χ0n) is 13.9. The van der Waals surface area contributed by atoms with Crippen molar-refractivity contribution in [1.29, 1.82) is 0 Å². The van der Waals surface area contributed by atoms with Gasteiger partial charge in [-0.1, -0.05) is 11.8 Å². The van der Waals surface area contributed by atoms with Crippen molar-refractivity contribution in [2.24, 2.45) is 7.05 Å². The Hall–Kier alpha value is -1.64. The normalized spacial score (nSPS) is 15.4. The number of amides is 1. The van der Waals surface area contributed by atoms with E-state index in [9.17, 15) is 9.59 Å². The van der Waals surface area contributed by atoms with Crippen LogP contribution in [-0.2, 0) is 24.8 Å². The summed E-state index contributed by atoms with van der Waals surface area (Å²) in [5.41, 5.74) is 1.91. The van der Waals surface area contributed by atoms with Gasteiger partial charge in [-0.25, -0.2) is 4.98 Å². The van der Waals surface area contributed by atoms with E-state index in [1.54, 1.807) is 23.0 Å². The Morgan fingerprint density at radius 2 is 2.12 bits per heavy atom. The van der Waals surface area contributed by atoms with Gasteiger partial charge >= 0.3 is 0 Å². The van der Waals surface area contributed by atoms with Crippen molar-refractivity contribution in [2.45, 2.75) is 30.3 Å². The number of hydrogen-bond donors (Lipinski definition) is 0. The van der Waals surface area contributed by atoms with Crippen LogP contribution in [0.15, 0.2) is 32.8 Å². The van der Waals surface area contributed by atoms with Crippen LogP contribution < -0.4 is 5.56 Å². The molecule has 1 aliphatic heterocycles. The molecule has 0 aromatic carbocycles. The first-order chi connectivity index (χ1) is 12.0. The van der Waals surface area contributed by atoms with Crippen LogP contribution in [0.4, 0.5) is 0 Å². The van der Waals surface area contributed by atoms with E-state index in [2.05, 4.69) is 16.4 Å². The minimum Gasteiger partial charge on any atom is -0.337 e. The molecule has 0 saturated heterocycles. The Morgan fingerprint density at radius 1 is 1.32 bits per heavy atom. The summed E-state index contributed by atoms with van der Waals surface area (Å²) < 4.78 is 2.20. The summed E-state index contributed by atoms with van der Waals surface area (Å²) in [4.78, 5) is 33.1. The van der Waals surface area contributed by atoms with Gasteiger partial charge in [-0.2, -0.15) is 0 Å². The highest BCUT2D eigenvalue weighted by Crippen LogP contribution is 2.28. The molecule has 25 heavy (non-hydrogen) atoms. The van der Waals surface area contributed by atoms with Crippen LogP contribution in [0.1, 0.15) is 17.4 Å². The Bertz CT molecular complexity index is 1000. The summed E-state index contributed by atoms with van der Waals surface area (Å²) in [6, 6.07) is 3.95. The summed E-state index contributed by atoms with van der Waals surface area (Å²) in [7, 11) is 1.71. The van der Waals surface area contributed by atoms with Crippen LogP contribution in [0.3, 0.4) is 0 Å². The van der Waals surface area contributed by atoms with E-state index in [0.717, 1.165) is 13.0 Å². The maximum absolute atomic E-state index is 12.8. The van der Waals surface area contributed by atoms with E-state index >= 15 is 0 Å². The number of aromatic nitrogens is 2. The fourth-order valence-corrected chi connectivity index (χ4v) is 5.63. The molecule has 3 aromatic heterocycles. The number of carbonyl (C=O) groups excluding carboxylic acids is 1. The summed E-state index contributed by atoms with van der Waals surface area (Å²) in [5.74, 6) is 0.0986. The smallest absolute Gasteiger partial charge is 0.271 e. The lowest BCUT2D eigenvalue weighted by atomic mass is 10.1. The van der Waals surface area contributed by atoms with E-state index in [1.165, 1.54) is 33.5 Å². The molecule has 5 nitrogen and oxygen atoms in total. The van der Waals surface area contributed by atoms with E-state index in [4.69, 9.17) is 0 Å². The fraction of sp³-hybridized carbons (Fsp3) is 0.353. The standard InChI is InChI=1S/C17H17N3O2S3/c1-10(15(21)20-6-3-13-11(9-20)4-7-23-13)25-17-18-12-5-8-24-14(12)16(22)19(17)2/h4-5,7-8,10H,3,6,9H2,1-2H3. The van der Waals surface area contributed by atoms with Gasteiger partial charge in [0, 0.05) is 25.0 Å². The Morgan fingerprint density at radius 3 is 2.96 bits per heavy atom. The molecule has 1 atom stereocenters. The summed E-state index contributed by atoms with van der Waals surface area (Å²) in [6.07, 6.45) is 0.924. The SMILES string of the molecule is CC(Sc1nc2ccsc2c(=O)n1C)C(=O)N1CCc2sccc2C1. The topological polar surface area (TPSA) is 55.2 Å². The number of hydrogen-bond acceptors (Lipinski definition) is 6. The Kier molecular flexibility index (Phi) is 4.43. The van der Waals surface area contributed by atoms with Crippen molar-refractivity contribution < 1.29 is 4.79 Å².